The van der Waals surface area contributed by atoms with Crippen molar-refractivity contribution in [3.63, 3.8) is 0 Å². The molecule has 2 saturated carbocycles. The number of hydrogen-bond donors (Lipinski definition) is 1. The van der Waals surface area contributed by atoms with E-state index in [0.29, 0.717) is 6.42 Å². The zero-order valence-corrected chi connectivity index (χ0v) is 20.9. The summed E-state index contributed by atoms with van der Waals surface area (Å²) in [5.41, 5.74) is 3.82. The molecule has 1 N–H and O–H groups in total. The number of carbonyl (C=O) groups excluding carboxylic acids is 1. The second-order valence-electron chi connectivity index (χ2n) is 10.8. The van der Waals surface area contributed by atoms with Gasteiger partial charge in [-0.2, -0.15) is 5.10 Å². The van der Waals surface area contributed by atoms with Gasteiger partial charge >= 0.3 is 12.1 Å². The lowest BCUT2D eigenvalue weighted by atomic mass is 9.85. The Hall–Kier alpha value is -3.36. The van der Waals surface area contributed by atoms with Crippen LogP contribution in [0.3, 0.4) is 0 Å². The zero-order chi connectivity index (χ0) is 25.0. The van der Waals surface area contributed by atoms with Crippen molar-refractivity contribution >= 4 is 28.8 Å². The second kappa shape index (κ2) is 8.64. The normalized spacial score (nSPS) is 24.9. The van der Waals surface area contributed by atoms with Crippen LogP contribution in [0.25, 0.3) is 11.0 Å². The van der Waals surface area contributed by atoms with Gasteiger partial charge in [-0.15, -0.1) is 0 Å². The smallest absolute Gasteiger partial charge is 0.414 e. The molecule has 36 heavy (non-hydrogen) atoms. The van der Waals surface area contributed by atoms with Crippen LogP contribution in [0.5, 0.6) is 0 Å². The fraction of sp³-hybridized carbons (Fsp3) is 0.556. The first-order chi connectivity index (χ1) is 17.4. The van der Waals surface area contributed by atoms with Gasteiger partial charge in [-0.3, -0.25) is 14.4 Å². The summed E-state index contributed by atoms with van der Waals surface area (Å²) in [6.45, 7) is 2.80. The molecule has 2 fully saturated rings. The molecule has 1 aliphatic heterocycles. The number of anilines is 1. The van der Waals surface area contributed by atoms with Gasteiger partial charge in [-0.05, 0) is 70.1 Å². The lowest BCUT2D eigenvalue weighted by Crippen LogP contribution is -2.42. The summed E-state index contributed by atoms with van der Waals surface area (Å²) in [7, 11) is 1.42. The number of aryl methyl sites for hydroxylation is 1. The molecule has 2 aliphatic carbocycles. The Morgan fingerprint density at radius 3 is 2.75 bits per heavy atom. The largest absolute Gasteiger partial charge is 0.481 e. The van der Waals surface area contributed by atoms with Gasteiger partial charge in [0, 0.05) is 35.5 Å². The van der Waals surface area contributed by atoms with E-state index in [9.17, 15) is 14.7 Å². The molecule has 9 heteroatoms. The quantitative estimate of drug-likeness (QED) is 0.556. The Morgan fingerprint density at radius 2 is 2.06 bits per heavy atom. The van der Waals surface area contributed by atoms with E-state index in [1.54, 1.807) is 11.1 Å². The van der Waals surface area contributed by atoms with Gasteiger partial charge in [0.15, 0.2) is 0 Å². The number of imidazole rings is 1. The summed E-state index contributed by atoms with van der Waals surface area (Å²) in [5, 5.41) is 14.2. The van der Waals surface area contributed by atoms with Crippen molar-refractivity contribution in [3.8, 4) is 0 Å². The zero-order valence-electron chi connectivity index (χ0n) is 20.9. The van der Waals surface area contributed by atoms with E-state index in [-0.39, 0.29) is 29.5 Å². The Labute approximate surface area is 210 Å². The number of ether oxygens (including phenoxy) is 1. The van der Waals surface area contributed by atoms with Gasteiger partial charge in [0.05, 0.1) is 36.3 Å². The summed E-state index contributed by atoms with van der Waals surface area (Å²) >= 11 is 0. The Morgan fingerprint density at radius 1 is 1.22 bits per heavy atom. The Balaban J connectivity index is 1.51. The summed E-state index contributed by atoms with van der Waals surface area (Å²) in [4.78, 5) is 31.6. The molecular formula is C27H33N5O4. The van der Waals surface area contributed by atoms with Gasteiger partial charge in [0.1, 0.15) is 5.82 Å². The molecule has 0 saturated heterocycles. The van der Waals surface area contributed by atoms with Crippen molar-refractivity contribution in [1.82, 2.24) is 19.3 Å². The minimum Gasteiger partial charge on any atom is -0.481 e. The number of rotatable bonds is 5. The highest BCUT2D eigenvalue weighted by Crippen LogP contribution is 2.52. The minimum absolute atomic E-state index is 0.0493. The molecule has 1 unspecified atom stereocenters. The van der Waals surface area contributed by atoms with Gasteiger partial charge < -0.3 is 14.4 Å². The maximum Gasteiger partial charge on any atom is 0.414 e. The number of benzene rings is 1. The fourth-order valence-corrected chi connectivity index (χ4v) is 6.45. The van der Waals surface area contributed by atoms with Gasteiger partial charge in [0.2, 0.25) is 0 Å². The van der Waals surface area contributed by atoms with E-state index < -0.39 is 5.97 Å². The molecule has 2 aromatic heterocycles. The Kier molecular flexibility index (Phi) is 5.53. The highest BCUT2D eigenvalue weighted by atomic mass is 16.5. The first-order valence-corrected chi connectivity index (χ1v) is 13.0. The van der Waals surface area contributed by atoms with Crippen LogP contribution in [-0.2, 0) is 27.9 Å². The number of fused-ring (bicyclic) bond motifs is 3. The highest BCUT2D eigenvalue weighted by Gasteiger charge is 2.50. The molecular weight excluding hydrogens is 458 g/mol. The fourth-order valence-electron chi connectivity index (χ4n) is 6.45. The van der Waals surface area contributed by atoms with E-state index >= 15 is 0 Å². The number of carbonyl (C=O) groups is 2. The van der Waals surface area contributed by atoms with Crippen molar-refractivity contribution in [2.75, 3.05) is 12.0 Å². The summed E-state index contributed by atoms with van der Waals surface area (Å²) in [6.07, 6.45) is 10.4. The molecule has 9 nitrogen and oxygen atoms in total. The molecule has 0 bridgehead atoms. The average molecular weight is 492 g/mol. The molecule has 3 atom stereocenters. The second-order valence-corrected chi connectivity index (χ2v) is 10.8. The van der Waals surface area contributed by atoms with E-state index in [4.69, 9.17) is 9.72 Å². The van der Waals surface area contributed by atoms with Gasteiger partial charge in [-0.1, -0.05) is 6.42 Å². The summed E-state index contributed by atoms with van der Waals surface area (Å²) in [5.74, 6) is 0.00715. The number of aliphatic carboxylic acids is 1. The molecule has 190 valence electrons. The molecule has 3 heterocycles. The number of hydrogen-bond acceptors (Lipinski definition) is 5. The lowest BCUT2D eigenvalue weighted by molar-refractivity contribution is -0.143. The third-order valence-corrected chi connectivity index (χ3v) is 8.54. The van der Waals surface area contributed by atoms with Crippen molar-refractivity contribution in [2.24, 2.45) is 5.92 Å². The number of carboxylic acids is 1. The van der Waals surface area contributed by atoms with Crippen LogP contribution in [-0.4, -0.2) is 49.7 Å². The van der Waals surface area contributed by atoms with E-state index in [2.05, 4.69) is 15.7 Å². The monoisotopic (exact) mass is 491 g/mol. The third kappa shape index (κ3) is 3.67. The van der Waals surface area contributed by atoms with Gasteiger partial charge in [0.25, 0.3) is 0 Å². The van der Waals surface area contributed by atoms with Crippen LogP contribution in [0, 0.1) is 5.92 Å². The van der Waals surface area contributed by atoms with Crippen LogP contribution in [0.2, 0.25) is 0 Å². The molecule has 1 aromatic carbocycles. The van der Waals surface area contributed by atoms with Crippen molar-refractivity contribution in [2.45, 2.75) is 82.3 Å². The van der Waals surface area contributed by atoms with Crippen LogP contribution >= 0.6 is 0 Å². The van der Waals surface area contributed by atoms with Crippen molar-refractivity contribution in [1.29, 1.82) is 0 Å². The molecule has 3 aliphatic rings. The minimum atomic E-state index is -0.705. The number of aromatic nitrogens is 4. The Bertz CT molecular complexity index is 1310. The van der Waals surface area contributed by atoms with E-state index in [0.717, 1.165) is 79.6 Å². The first kappa shape index (κ1) is 23.1. The molecule has 0 radical (unpaired) electrons. The topological polar surface area (TPSA) is 102 Å². The maximum atomic E-state index is 12.7. The number of amides is 1. The third-order valence-electron chi connectivity index (χ3n) is 8.54. The summed E-state index contributed by atoms with van der Waals surface area (Å²) < 4.78 is 9.45. The van der Waals surface area contributed by atoms with E-state index in [1.165, 1.54) is 7.11 Å². The molecule has 6 rings (SSSR count). The predicted molar refractivity (Wildman–Crippen MR) is 134 cm³/mol. The van der Waals surface area contributed by atoms with Crippen LogP contribution in [0.1, 0.15) is 69.3 Å². The van der Waals surface area contributed by atoms with Crippen LogP contribution in [0.4, 0.5) is 10.5 Å². The van der Waals surface area contributed by atoms with E-state index in [1.807, 2.05) is 29.9 Å². The predicted octanol–water partition coefficient (Wildman–Crippen LogP) is 4.69. The first-order valence-electron chi connectivity index (χ1n) is 13.0. The SMILES string of the molecule is COC(=O)N1c2ccc3c(nc(C4(Cn5cccn5)CC4)n3[C@@H]3CCC[C@@H](C(=O)O)C3)c2CCC1C. The number of methoxy groups -OCH3 is 1. The standard InChI is InChI=1S/C27H33N5O4/c1-17-7-8-20-21(31(17)26(35)36-2)9-10-22-23(20)29-25(27(11-12-27)16-30-14-4-13-28-30)32(22)19-6-3-5-18(15-19)24(33)34/h4,9-10,13-14,17-19H,3,5-8,11-12,15-16H2,1-2H3,(H,33,34)/t17?,18-,19-/m1/s1. The summed E-state index contributed by atoms with van der Waals surface area (Å²) in [6, 6.07) is 6.18. The van der Waals surface area contributed by atoms with Crippen LogP contribution < -0.4 is 4.90 Å². The molecule has 0 spiro atoms. The van der Waals surface area contributed by atoms with Crippen molar-refractivity contribution < 1.29 is 19.4 Å². The maximum absolute atomic E-state index is 12.7. The highest BCUT2D eigenvalue weighted by molar-refractivity contribution is 5.95. The molecule has 3 aromatic rings. The lowest BCUT2D eigenvalue weighted by Gasteiger charge is -2.34. The molecule has 1 amide bonds. The van der Waals surface area contributed by atoms with Crippen LogP contribution in [0.15, 0.2) is 30.6 Å². The number of carboxylic acid groups (broad SMARTS) is 1. The average Bonchev–Trinajstić information content (AvgIpc) is 3.28. The van der Waals surface area contributed by atoms with Crippen molar-refractivity contribution in [3.05, 3.63) is 42.0 Å². The van der Waals surface area contributed by atoms with Gasteiger partial charge in [-0.25, -0.2) is 9.78 Å². The number of nitrogens with zero attached hydrogens (tertiary/aromatic N) is 5.